The van der Waals surface area contributed by atoms with Gasteiger partial charge in [0.2, 0.25) is 5.95 Å². The van der Waals surface area contributed by atoms with Gasteiger partial charge >= 0.3 is 0 Å². The Bertz CT molecular complexity index is 1240. The second-order valence-corrected chi connectivity index (χ2v) is 9.54. The van der Waals surface area contributed by atoms with Gasteiger partial charge in [-0.1, -0.05) is 18.2 Å². The van der Waals surface area contributed by atoms with E-state index in [9.17, 15) is 10.1 Å². The van der Waals surface area contributed by atoms with Crippen LogP contribution in [0.5, 0.6) is 0 Å². The Hall–Kier alpha value is -2.77. The van der Waals surface area contributed by atoms with Crippen LogP contribution >= 0.6 is 11.3 Å². The molecule has 0 bridgehead atoms. The van der Waals surface area contributed by atoms with Crippen molar-refractivity contribution < 1.29 is 9.47 Å². The zero-order chi connectivity index (χ0) is 22.8. The van der Waals surface area contributed by atoms with E-state index < -0.39 is 0 Å². The lowest BCUT2D eigenvalue weighted by molar-refractivity contribution is 0.0323. The Balaban J connectivity index is 1.57. The molecule has 1 aromatic carbocycles. The fourth-order valence-electron chi connectivity index (χ4n) is 4.50. The third-order valence-corrected chi connectivity index (χ3v) is 7.31. The molecule has 2 fully saturated rings. The van der Waals surface area contributed by atoms with E-state index in [-0.39, 0.29) is 24.2 Å². The van der Waals surface area contributed by atoms with Gasteiger partial charge < -0.3 is 20.1 Å². The zero-order valence-electron chi connectivity index (χ0n) is 18.4. The van der Waals surface area contributed by atoms with Gasteiger partial charge in [-0.15, -0.1) is 11.3 Å². The van der Waals surface area contributed by atoms with Gasteiger partial charge in [0.25, 0.3) is 5.56 Å². The van der Waals surface area contributed by atoms with E-state index in [0.717, 1.165) is 43.5 Å². The molecule has 0 spiro atoms. The molecule has 0 radical (unpaired) electrons. The zero-order valence-corrected chi connectivity index (χ0v) is 19.2. The smallest absolute Gasteiger partial charge is 0.273 e. The number of piperidine rings is 1. The predicted molar refractivity (Wildman–Crippen MR) is 128 cm³/mol. The van der Waals surface area contributed by atoms with Crippen LogP contribution in [-0.4, -0.2) is 48.0 Å². The molecular weight excluding hydrogens is 438 g/mol. The summed E-state index contributed by atoms with van der Waals surface area (Å²) >= 11 is 1.40. The number of ether oxygens (including phenoxy) is 2. The van der Waals surface area contributed by atoms with Crippen molar-refractivity contribution in [1.82, 2.24) is 9.55 Å². The molecule has 4 heterocycles. The van der Waals surface area contributed by atoms with Crippen LogP contribution in [0.3, 0.4) is 0 Å². The second-order valence-electron chi connectivity index (χ2n) is 8.66. The first-order chi connectivity index (χ1) is 16.1. The Labute approximate surface area is 196 Å². The highest BCUT2D eigenvalue weighted by Crippen LogP contribution is 2.27. The number of anilines is 1. The number of hydrogen-bond acceptors (Lipinski definition) is 8. The number of aromatic nitrogens is 2. The summed E-state index contributed by atoms with van der Waals surface area (Å²) in [6.07, 6.45) is 2.88. The topological polar surface area (TPSA) is 106 Å². The van der Waals surface area contributed by atoms with Crippen LogP contribution in [0.15, 0.2) is 34.4 Å². The first-order valence-electron chi connectivity index (χ1n) is 11.3. The quantitative estimate of drug-likeness (QED) is 0.596. The normalized spacial score (nSPS) is 20.9. The third-order valence-electron chi connectivity index (χ3n) is 6.30. The summed E-state index contributed by atoms with van der Waals surface area (Å²) in [6.45, 7) is 3.46. The van der Waals surface area contributed by atoms with Crippen LogP contribution in [0.1, 0.15) is 36.0 Å². The SMILES string of the molecule is N#Cc1ccccc1Cn1c(N2CCC[C@@H](N)C2)nc2c(CO[C@H]3CCOC3)csc2c1=O. The van der Waals surface area contributed by atoms with E-state index in [0.29, 0.717) is 41.5 Å². The van der Waals surface area contributed by atoms with Crippen molar-refractivity contribution in [3.8, 4) is 6.07 Å². The maximum atomic E-state index is 13.7. The minimum absolute atomic E-state index is 0.0406. The van der Waals surface area contributed by atoms with E-state index in [1.165, 1.54) is 11.3 Å². The first kappa shape index (κ1) is 22.0. The van der Waals surface area contributed by atoms with Crippen LogP contribution in [-0.2, 0) is 22.6 Å². The van der Waals surface area contributed by atoms with Gasteiger partial charge in [0.15, 0.2) is 0 Å². The average molecular weight is 466 g/mol. The maximum absolute atomic E-state index is 13.7. The highest BCUT2D eigenvalue weighted by molar-refractivity contribution is 7.17. The van der Waals surface area contributed by atoms with E-state index in [1.807, 2.05) is 23.6 Å². The van der Waals surface area contributed by atoms with Crippen molar-refractivity contribution in [1.29, 1.82) is 5.26 Å². The molecule has 2 saturated heterocycles. The Morgan fingerprint density at radius 1 is 1.30 bits per heavy atom. The van der Waals surface area contributed by atoms with E-state index in [2.05, 4.69) is 11.0 Å². The van der Waals surface area contributed by atoms with Gasteiger partial charge in [-0.3, -0.25) is 9.36 Å². The Morgan fingerprint density at radius 2 is 2.18 bits per heavy atom. The Morgan fingerprint density at radius 3 is 2.97 bits per heavy atom. The van der Waals surface area contributed by atoms with Crippen molar-refractivity contribution in [2.24, 2.45) is 5.73 Å². The molecule has 0 amide bonds. The van der Waals surface area contributed by atoms with Crippen molar-refractivity contribution in [3.05, 3.63) is 56.7 Å². The standard InChI is InChI=1S/C24H27N5O3S/c25-10-16-4-1-2-5-17(16)11-29-23(30)22-21(27-24(29)28-8-3-6-19(26)12-28)18(15-33-22)13-32-20-7-9-31-14-20/h1-2,4-5,15,19-20H,3,6-9,11-14,26H2/t19-,20+/m1/s1. The largest absolute Gasteiger partial charge is 0.379 e. The van der Waals surface area contributed by atoms with Gasteiger partial charge in [-0.25, -0.2) is 4.98 Å². The first-order valence-corrected chi connectivity index (χ1v) is 12.2. The number of nitrogens with two attached hydrogens (primary N) is 1. The van der Waals surface area contributed by atoms with Crippen molar-refractivity contribution >= 4 is 27.5 Å². The van der Waals surface area contributed by atoms with Gasteiger partial charge in [0, 0.05) is 31.3 Å². The van der Waals surface area contributed by atoms with Gasteiger partial charge in [-0.2, -0.15) is 5.26 Å². The van der Waals surface area contributed by atoms with Crippen LogP contribution in [0.4, 0.5) is 5.95 Å². The lowest BCUT2D eigenvalue weighted by atomic mass is 10.1. The van der Waals surface area contributed by atoms with Crippen LogP contribution in [0, 0.1) is 11.3 Å². The van der Waals surface area contributed by atoms with Gasteiger partial charge in [0.05, 0.1) is 43.0 Å². The fraction of sp³-hybridized carbons (Fsp3) is 0.458. The van der Waals surface area contributed by atoms with Gasteiger partial charge in [-0.05, 0) is 36.3 Å². The number of nitriles is 1. The maximum Gasteiger partial charge on any atom is 0.273 e. The molecule has 172 valence electrons. The fourth-order valence-corrected chi connectivity index (χ4v) is 5.44. The molecule has 8 nitrogen and oxygen atoms in total. The number of nitrogens with zero attached hydrogens (tertiary/aromatic N) is 4. The summed E-state index contributed by atoms with van der Waals surface area (Å²) in [5, 5.41) is 11.5. The molecule has 2 aliphatic rings. The Kier molecular flexibility index (Phi) is 6.42. The monoisotopic (exact) mass is 465 g/mol. The highest BCUT2D eigenvalue weighted by Gasteiger charge is 2.25. The van der Waals surface area contributed by atoms with Crippen LogP contribution in [0.2, 0.25) is 0 Å². The van der Waals surface area contributed by atoms with Gasteiger partial charge in [0.1, 0.15) is 4.70 Å². The molecule has 2 N–H and O–H groups in total. The summed E-state index contributed by atoms with van der Waals surface area (Å²) < 4.78 is 13.7. The number of benzene rings is 1. The highest BCUT2D eigenvalue weighted by atomic mass is 32.1. The summed E-state index contributed by atoms with van der Waals surface area (Å²) in [4.78, 5) is 20.8. The van der Waals surface area contributed by atoms with Crippen molar-refractivity contribution in [2.75, 3.05) is 31.2 Å². The van der Waals surface area contributed by atoms with Crippen LogP contribution in [0.25, 0.3) is 10.2 Å². The summed E-state index contributed by atoms with van der Waals surface area (Å²) in [6, 6.07) is 9.65. The molecule has 0 aliphatic carbocycles. The molecule has 5 rings (SSSR count). The van der Waals surface area contributed by atoms with E-state index in [1.54, 1.807) is 10.6 Å². The molecule has 2 atom stereocenters. The molecular formula is C24H27N5O3S. The average Bonchev–Trinajstić information content (AvgIpc) is 3.49. The number of rotatable bonds is 6. The summed E-state index contributed by atoms with van der Waals surface area (Å²) in [5.41, 5.74) is 9.14. The number of fused-ring (bicyclic) bond motifs is 1. The molecule has 3 aromatic rings. The molecule has 0 unspecified atom stereocenters. The summed E-state index contributed by atoms with van der Waals surface area (Å²) in [5.74, 6) is 0.610. The minimum atomic E-state index is -0.0951. The molecule has 9 heteroatoms. The third kappa shape index (κ3) is 4.52. The molecule has 0 saturated carbocycles. The lowest BCUT2D eigenvalue weighted by Crippen LogP contribution is -2.45. The van der Waals surface area contributed by atoms with E-state index in [4.69, 9.17) is 20.2 Å². The minimum Gasteiger partial charge on any atom is -0.379 e. The van der Waals surface area contributed by atoms with Crippen LogP contribution < -0.4 is 16.2 Å². The number of hydrogen-bond donors (Lipinski definition) is 1. The van der Waals surface area contributed by atoms with E-state index >= 15 is 0 Å². The number of thiophene rings is 1. The van der Waals surface area contributed by atoms with Crippen molar-refractivity contribution in [3.63, 3.8) is 0 Å². The van der Waals surface area contributed by atoms with Crippen molar-refractivity contribution in [2.45, 2.75) is 44.6 Å². The summed E-state index contributed by atoms with van der Waals surface area (Å²) in [7, 11) is 0. The molecule has 2 aliphatic heterocycles. The molecule has 2 aromatic heterocycles. The predicted octanol–water partition coefficient (Wildman–Crippen LogP) is 2.61. The molecule has 33 heavy (non-hydrogen) atoms. The lowest BCUT2D eigenvalue weighted by Gasteiger charge is -2.33. The second kappa shape index (κ2) is 9.61.